The first-order valence-electron chi connectivity index (χ1n) is 5.68. The molecule has 0 amide bonds. The third-order valence-corrected chi connectivity index (χ3v) is 1.91. The Hall–Kier alpha value is -1.53. The number of nitrogens with one attached hydrogen (secondary N) is 1. The Morgan fingerprint density at radius 2 is 1.89 bits per heavy atom. The van der Waals surface area contributed by atoms with Crippen molar-refractivity contribution in [3.05, 3.63) is 24.3 Å². The molecule has 0 aliphatic heterocycles. The van der Waals surface area contributed by atoms with Gasteiger partial charge in [0.05, 0.1) is 6.10 Å². The molecular weight excluding hydrogens is 233 g/mol. The van der Waals surface area contributed by atoms with Crippen LogP contribution in [-0.4, -0.2) is 36.3 Å². The van der Waals surface area contributed by atoms with E-state index in [1.165, 1.54) is 6.92 Å². The summed E-state index contributed by atoms with van der Waals surface area (Å²) in [5.41, 5.74) is 1.23. The average molecular weight is 253 g/mol. The molecule has 3 N–H and O–H groups in total. The van der Waals surface area contributed by atoms with Gasteiger partial charge < -0.3 is 20.1 Å². The standard InChI is InChI=1S/C7H10BNO2.C5H10O2/c1-9-7-5-3-2-4-6(7)8(10)11;1-4(2)7-5(3)6/h2-5,9-11H,1H3;4H,1-3H3. The lowest BCUT2D eigenvalue weighted by Crippen LogP contribution is -2.31. The van der Waals surface area contributed by atoms with E-state index in [4.69, 9.17) is 10.0 Å². The van der Waals surface area contributed by atoms with Gasteiger partial charge in [0.15, 0.2) is 0 Å². The highest BCUT2D eigenvalue weighted by Gasteiger charge is 2.13. The minimum Gasteiger partial charge on any atom is -0.463 e. The largest absolute Gasteiger partial charge is 0.490 e. The molecule has 100 valence electrons. The van der Waals surface area contributed by atoms with Gasteiger partial charge in [0.25, 0.3) is 0 Å². The minimum atomic E-state index is -1.40. The van der Waals surface area contributed by atoms with Crippen LogP contribution in [-0.2, 0) is 9.53 Å². The van der Waals surface area contributed by atoms with Crippen molar-refractivity contribution >= 4 is 24.2 Å². The SMILES string of the molecule is CC(=O)OC(C)C.CNc1ccccc1B(O)O. The molecule has 1 rings (SSSR count). The summed E-state index contributed by atoms with van der Waals surface area (Å²) in [4.78, 5) is 10.0. The molecule has 0 radical (unpaired) electrons. The van der Waals surface area contributed by atoms with Crippen LogP contribution in [0, 0.1) is 0 Å². The van der Waals surface area contributed by atoms with E-state index in [0.717, 1.165) is 5.69 Å². The fourth-order valence-corrected chi connectivity index (χ4v) is 1.28. The van der Waals surface area contributed by atoms with Crippen molar-refractivity contribution in [1.82, 2.24) is 0 Å². The van der Waals surface area contributed by atoms with Crippen LogP contribution in [0.3, 0.4) is 0 Å². The molecule has 0 fully saturated rings. The van der Waals surface area contributed by atoms with E-state index < -0.39 is 7.12 Å². The summed E-state index contributed by atoms with van der Waals surface area (Å²) in [5.74, 6) is -0.213. The molecular formula is C12H20BNO4. The maximum Gasteiger partial charge on any atom is 0.490 e. The Balaban J connectivity index is 0.000000360. The van der Waals surface area contributed by atoms with Crippen LogP contribution in [0.2, 0.25) is 0 Å². The molecule has 0 spiro atoms. The predicted octanol–water partition coefficient (Wildman–Crippen LogP) is 0.366. The molecule has 0 saturated heterocycles. The van der Waals surface area contributed by atoms with E-state index in [9.17, 15) is 4.79 Å². The zero-order valence-corrected chi connectivity index (χ0v) is 11.2. The summed E-state index contributed by atoms with van der Waals surface area (Å²) in [6, 6.07) is 7.04. The highest BCUT2D eigenvalue weighted by Crippen LogP contribution is 2.01. The van der Waals surface area contributed by atoms with Crippen molar-refractivity contribution < 1.29 is 19.6 Å². The minimum absolute atomic E-state index is 0.0255. The van der Waals surface area contributed by atoms with Crippen molar-refractivity contribution in [2.24, 2.45) is 0 Å². The Bertz CT molecular complexity index is 369. The summed E-state index contributed by atoms with van der Waals surface area (Å²) >= 11 is 0. The first-order valence-corrected chi connectivity index (χ1v) is 5.68. The van der Waals surface area contributed by atoms with Gasteiger partial charge in [-0.15, -0.1) is 0 Å². The molecule has 1 aromatic rings. The number of para-hydroxylation sites is 1. The van der Waals surface area contributed by atoms with E-state index in [1.807, 2.05) is 19.9 Å². The summed E-state index contributed by atoms with van der Waals surface area (Å²) in [5, 5.41) is 20.6. The second-order valence-electron chi connectivity index (χ2n) is 3.87. The number of hydrogen-bond acceptors (Lipinski definition) is 5. The quantitative estimate of drug-likeness (QED) is 0.535. The number of esters is 1. The van der Waals surface area contributed by atoms with Crippen LogP contribution in [0.1, 0.15) is 20.8 Å². The summed E-state index contributed by atoms with van der Waals surface area (Å²) < 4.78 is 4.61. The zero-order valence-electron chi connectivity index (χ0n) is 11.2. The van der Waals surface area contributed by atoms with Crippen LogP contribution < -0.4 is 10.8 Å². The van der Waals surface area contributed by atoms with E-state index in [1.54, 1.807) is 25.2 Å². The van der Waals surface area contributed by atoms with Crippen molar-refractivity contribution in [2.75, 3.05) is 12.4 Å². The van der Waals surface area contributed by atoms with Gasteiger partial charge in [0.1, 0.15) is 0 Å². The molecule has 0 heterocycles. The van der Waals surface area contributed by atoms with Crippen LogP contribution in [0.15, 0.2) is 24.3 Å². The van der Waals surface area contributed by atoms with Crippen LogP contribution >= 0.6 is 0 Å². The fourth-order valence-electron chi connectivity index (χ4n) is 1.28. The molecule has 6 heteroatoms. The number of carbonyl (C=O) groups is 1. The highest BCUT2D eigenvalue weighted by molar-refractivity contribution is 6.60. The number of benzene rings is 1. The van der Waals surface area contributed by atoms with E-state index in [2.05, 4.69) is 10.1 Å². The predicted molar refractivity (Wildman–Crippen MR) is 72.7 cm³/mol. The summed E-state index contributed by atoms with van der Waals surface area (Å²) in [6.07, 6.45) is 0.0255. The maximum atomic E-state index is 10.0. The maximum absolute atomic E-state index is 10.0. The number of carbonyl (C=O) groups excluding carboxylic acids is 1. The molecule has 0 bridgehead atoms. The lowest BCUT2D eigenvalue weighted by atomic mass is 9.79. The average Bonchev–Trinajstić information content (AvgIpc) is 2.27. The highest BCUT2D eigenvalue weighted by atomic mass is 16.5. The molecule has 18 heavy (non-hydrogen) atoms. The monoisotopic (exact) mass is 253 g/mol. The number of hydrogen-bond donors (Lipinski definition) is 3. The van der Waals surface area contributed by atoms with Crippen molar-refractivity contribution in [3.8, 4) is 0 Å². The van der Waals surface area contributed by atoms with E-state index >= 15 is 0 Å². The Kier molecular flexibility index (Phi) is 7.82. The molecule has 0 aromatic heterocycles. The second kappa shape index (κ2) is 8.55. The van der Waals surface area contributed by atoms with Gasteiger partial charge in [-0.25, -0.2) is 0 Å². The topological polar surface area (TPSA) is 78.8 Å². The zero-order chi connectivity index (χ0) is 14.1. The Morgan fingerprint density at radius 1 is 1.33 bits per heavy atom. The molecule has 5 nitrogen and oxygen atoms in total. The van der Waals surface area contributed by atoms with Crippen LogP contribution in [0.25, 0.3) is 0 Å². The normalized spacial score (nSPS) is 9.28. The van der Waals surface area contributed by atoms with Gasteiger partial charge >= 0.3 is 13.1 Å². The summed E-state index contributed by atoms with van der Waals surface area (Å²) in [6.45, 7) is 5.04. The fraction of sp³-hybridized carbons (Fsp3) is 0.417. The Morgan fingerprint density at radius 3 is 2.17 bits per heavy atom. The third-order valence-electron chi connectivity index (χ3n) is 1.91. The van der Waals surface area contributed by atoms with Crippen molar-refractivity contribution in [2.45, 2.75) is 26.9 Å². The molecule has 0 aliphatic carbocycles. The molecule has 1 aromatic carbocycles. The smallest absolute Gasteiger partial charge is 0.463 e. The molecule has 0 atom stereocenters. The van der Waals surface area contributed by atoms with Gasteiger partial charge in [-0.05, 0) is 19.9 Å². The number of rotatable bonds is 3. The van der Waals surface area contributed by atoms with Crippen LogP contribution in [0.4, 0.5) is 5.69 Å². The molecule has 0 saturated carbocycles. The van der Waals surface area contributed by atoms with Crippen molar-refractivity contribution in [3.63, 3.8) is 0 Å². The van der Waals surface area contributed by atoms with Gasteiger partial charge in [-0.1, -0.05) is 18.2 Å². The first kappa shape index (κ1) is 16.5. The Labute approximate surface area is 108 Å². The lowest BCUT2D eigenvalue weighted by molar-refractivity contribution is -0.144. The van der Waals surface area contributed by atoms with E-state index in [-0.39, 0.29) is 12.1 Å². The van der Waals surface area contributed by atoms with Crippen molar-refractivity contribution in [1.29, 1.82) is 0 Å². The van der Waals surface area contributed by atoms with E-state index in [0.29, 0.717) is 5.46 Å². The number of anilines is 1. The van der Waals surface area contributed by atoms with Gasteiger partial charge in [-0.2, -0.15) is 0 Å². The lowest BCUT2D eigenvalue weighted by Gasteiger charge is -2.06. The third kappa shape index (κ3) is 6.93. The molecule has 0 unspecified atom stereocenters. The first-order chi connectivity index (χ1) is 8.38. The van der Waals surface area contributed by atoms with Gasteiger partial charge in [-0.3, -0.25) is 4.79 Å². The van der Waals surface area contributed by atoms with Gasteiger partial charge in [0, 0.05) is 25.1 Å². The number of ether oxygens (including phenoxy) is 1. The van der Waals surface area contributed by atoms with Crippen LogP contribution in [0.5, 0.6) is 0 Å². The van der Waals surface area contributed by atoms with Gasteiger partial charge in [0.2, 0.25) is 0 Å². The second-order valence-corrected chi connectivity index (χ2v) is 3.87. The summed E-state index contributed by atoms with van der Waals surface area (Å²) in [7, 11) is 0.333. The molecule has 0 aliphatic rings.